The van der Waals surface area contributed by atoms with Crippen molar-refractivity contribution >= 4 is 18.4 Å². The molecule has 0 aromatic carbocycles. The van der Waals surface area contributed by atoms with E-state index >= 15 is 0 Å². The molecule has 1 rings (SSSR count). The summed E-state index contributed by atoms with van der Waals surface area (Å²) >= 11 is 0. The molecule has 1 heterocycles. The van der Waals surface area contributed by atoms with Crippen LogP contribution >= 0.6 is 12.4 Å². The van der Waals surface area contributed by atoms with Gasteiger partial charge in [0.1, 0.15) is 0 Å². The van der Waals surface area contributed by atoms with Gasteiger partial charge in [-0.1, -0.05) is 0 Å². The second kappa shape index (κ2) is 6.01. The van der Waals surface area contributed by atoms with E-state index in [0.29, 0.717) is 0 Å². The Labute approximate surface area is 84.8 Å². The molecule has 1 aliphatic rings. The maximum absolute atomic E-state index is 11.4. The van der Waals surface area contributed by atoms with Gasteiger partial charge in [-0.15, -0.1) is 12.4 Å². The van der Waals surface area contributed by atoms with Crippen LogP contribution < -0.4 is 10.7 Å². The number of nitrogens with zero attached hydrogens (tertiary/aromatic N) is 2. The first-order valence-electron chi connectivity index (χ1n) is 4.14. The highest BCUT2D eigenvalue weighted by atomic mass is 35.5. The summed E-state index contributed by atoms with van der Waals surface area (Å²) in [5, 5.41) is 4.84. The molecule has 2 N–H and O–H groups in total. The summed E-state index contributed by atoms with van der Waals surface area (Å²) in [6.07, 6.45) is 0. The predicted octanol–water partition coefficient (Wildman–Crippen LogP) is -0.500. The quantitative estimate of drug-likeness (QED) is 0.572. The lowest BCUT2D eigenvalue weighted by Crippen LogP contribution is -2.52. The minimum Gasteiger partial charge on any atom is -0.321 e. The maximum atomic E-state index is 11.4. The lowest BCUT2D eigenvalue weighted by atomic mass is 10.4. The van der Waals surface area contributed by atoms with Gasteiger partial charge in [0.05, 0.1) is 0 Å². The van der Waals surface area contributed by atoms with E-state index in [2.05, 4.69) is 10.7 Å². The number of carbonyl (C=O) groups excluding carboxylic acids is 1. The number of halogens is 1. The molecule has 6 heteroatoms. The van der Waals surface area contributed by atoms with Crippen molar-refractivity contribution in [3.63, 3.8) is 0 Å². The zero-order chi connectivity index (χ0) is 8.97. The minimum absolute atomic E-state index is 0. The molecule has 1 aliphatic heterocycles. The van der Waals surface area contributed by atoms with E-state index in [1.165, 1.54) is 0 Å². The molecule has 0 bridgehead atoms. The van der Waals surface area contributed by atoms with Crippen LogP contribution in [0.25, 0.3) is 0 Å². The van der Waals surface area contributed by atoms with Gasteiger partial charge in [-0.25, -0.2) is 9.80 Å². The Kier molecular flexibility index (Phi) is 5.77. The van der Waals surface area contributed by atoms with Gasteiger partial charge in [0.15, 0.2) is 0 Å². The number of urea groups is 1. The molecule has 0 aromatic rings. The van der Waals surface area contributed by atoms with Gasteiger partial charge in [-0.3, -0.25) is 5.43 Å². The number of carbonyl (C=O) groups is 1. The summed E-state index contributed by atoms with van der Waals surface area (Å²) in [6.45, 7) is 3.36. The second-order valence-electron chi connectivity index (χ2n) is 3.05. The van der Waals surface area contributed by atoms with Crippen LogP contribution in [-0.2, 0) is 0 Å². The van der Waals surface area contributed by atoms with Crippen LogP contribution in [0.1, 0.15) is 0 Å². The third kappa shape index (κ3) is 4.31. The Balaban J connectivity index is 0.00000144. The SMILES string of the molecule is CN(C)NC(=O)N1CCNCC1.Cl. The summed E-state index contributed by atoms with van der Waals surface area (Å²) in [7, 11) is 3.61. The number of hydrogen-bond donors (Lipinski definition) is 2. The summed E-state index contributed by atoms with van der Waals surface area (Å²) < 4.78 is 0. The van der Waals surface area contributed by atoms with Crippen LogP contribution in [0.4, 0.5) is 4.79 Å². The van der Waals surface area contributed by atoms with E-state index in [1.807, 2.05) is 0 Å². The van der Waals surface area contributed by atoms with Crippen molar-refractivity contribution in [1.82, 2.24) is 20.7 Å². The zero-order valence-corrected chi connectivity index (χ0v) is 8.86. The molecule has 1 saturated heterocycles. The Morgan fingerprint density at radius 1 is 1.38 bits per heavy atom. The van der Waals surface area contributed by atoms with Crippen LogP contribution in [-0.4, -0.2) is 56.2 Å². The van der Waals surface area contributed by atoms with Crippen LogP contribution in [0.15, 0.2) is 0 Å². The molecule has 0 radical (unpaired) electrons. The normalized spacial score (nSPS) is 16.7. The molecule has 13 heavy (non-hydrogen) atoms. The number of rotatable bonds is 1. The average Bonchev–Trinajstić information content (AvgIpc) is 2.05. The molecule has 5 nitrogen and oxygen atoms in total. The minimum atomic E-state index is -0.0125. The summed E-state index contributed by atoms with van der Waals surface area (Å²) in [4.78, 5) is 13.2. The van der Waals surface area contributed by atoms with Crippen LogP contribution in [0.2, 0.25) is 0 Å². The van der Waals surface area contributed by atoms with E-state index in [-0.39, 0.29) is 18.4 Å². The van der Waals surface area contributed by atoms with Crippen LogP contribution in [0, 0.1) is 0 Å². The molecule has 2 amide bonds. The highest BCUT2D eigenvalue weighted by Crippen LogP contribution is 1.92. The second-order valence-corrected chi connectivity index (χ2v) is 3.05. The maximum Gasteiger partial charge on any atom is 0.331 e. The van der Waals surface area contributed by atoms with Crippen molar-refractivity contribution in [2.75, 3.05) is 40.3 Å². The standard InChI is InChI=1S/C7H16N4O.ClH/c1-10(2)9-7(12)11-5-3-8-4-6-11;/h8H,3-6H2,1-2H3,(H,9,12);1H. The Hall–Kier alpha value is -0.520. The van der Waals surface area contributed by atoms with E-state index in [9.17, 15) is 4.79 Å². The van der Waals surface area contributed by atoms with Crippen LogP contribution in [0.5, 0.6) is 0 Å². The van der Waals surface area contributed by atoms with E-state index in [0.717, 1.165) is 26.2 Å². The molecule has 78 valence electrons. The van der Waals surface area contributed by atoms with Gasteiger partial charge in [0.25, 0.3) is 0 Å². The molecule has 0 spiro atoms. The van der Waals surface area contributed by atoms with Crippen molar-refractivity contribution in [3.05, 3.63) is 0 Å². The lowest BCUT2D eigenvalue weighted by molar-refractivity contribution is 0.164. The predicted molar refractivity (Wildman–Crippen MR) is 53.9 cm³/mol. The number of nitrogens with one attached hydrogen (secondary N) is 2. The first kappa shape index (κ1) is 12.5. The van der Waals surface area contributed by atoms with Crippen LogP contribution in [0.3, 0.4) is 0 Å². The molecule has 0 saturated carbocycles. The zero-order valence-electron chi connectivity index (χ0n) is 8.04. The Bertz CT molecular complexity index is 159. The molecule has 0 unspecified atom stereocenters. The Morgan fingerprint density at radius 3 is 2.38 bits per heavy atom. The smallest absolute Gasteiger partial charge is 0.321 e. The molecule has 0 atom stereocenters. The van der Waals surface area contributed by atoms with E-state index < -0.39 is 0 Å². The highest BCUT2D eigenvalue weighted by molar-refractivity contribution is 5.85. The fourth-order valence-electron chi connectivity index (χ4n) is 1.13. The summed E-state index contributed by atoms with van der Waals surface area (Å²) in [6, 6.07) is -0.0125. The van der Waals surface area contributed by atoms with Gasteiger partial charge in [0.2, 0.25) is 0 Å². The third-order valence-corrected chi connectivity index (χ3v) is 1.72. The fraction of sp³-hybridized carbons (Fsp3) is 0.857. The van der Waals surface area contributed by atoms with E-state index in [4.69, 9.17) is 0 Å². The topological polar surface area (TPSA) is 47.6 Å². The number of hydrazine groups is 1. The molecule has 1 fully saturated rings. The average molecular weight is 209 g/mol. The van der Waals surface area contributed by atoms with Gasteiger partial charge in [0, 0.05) is 40.3 Å². The molecular weight excluding hydrogens is 192 g/mol. The summed E-state index contributed by atoms with van der Waals surface area (Å²) in [5.74, 6) is 0. The fourth-order valence-corrected chi connectivity index (χ4v) is 1.13. The van der Waals surface area contributed by atoms with Gasteiger partial charge in [-0.2, -0.15) is 0 Å². The molecule has 0 aliphatic carbocycles. The van der Waals surface area contributed by atoms with Crippen molar-refractivity contribution in [1.29, 1.82) is 0 Å². The van der Waals surface area contributed by atoms with Gasteiger partial charge >= 0.3 is 6.03 Å². The molecular formula is C7H17ClN4O. The monoisotopic (exact) mass is 208 g/mol. The lowest BCUT2D eigenvalue weighted by Gasteiger charge is -2.28. The first-order valence-corrected chi connectivity index (χ1v) is 4.14. The highest BCUT2D eigenvalue weighted by Gasteiger charge is 2.15. The Morgan fingerprint density at radius 2 is 1.92 bits per heavy atom. The van der Waals surface area contributed by atoms with Crippen molar-refractivity contribution in [2.24, 2.45) is 0 Å². The van der Waals surface area contributed by atoms with Crippen molar-refractivity contribution in [2.45, 2.75) is 0 Å². The van der Waals surface area contributed by atoms with Crippen molar-refractivity contribution < 1.29 is 4.79 Å². The first-order chi connectivity index (χ1) is 5.70. The number of piperazine rings is 1. The molecule has 0 aromatic heterocycles. The van der Waals surface area contributed by atoms with Crippen molar-refractivity contribution in [3.8, 4) is 0 Å². The van der Waals surface area contributed by atoms with Gasteiger partial charge in [-0.05, 0) is 0 Å². The van der Waals surface area contributed by atoms with E-state index in [1.54, 1.807) is 24.0 Å². The largest absolute Gasteiger partial charge is 0.331 e. The van der Waals surface area contributed by atoms with Gasteiger partial charge < -0.3 is 10.2 Å². The number of amides is 2. The summed E-state index contributed by atoms with van der Waals surface area (Å²) in [5.41, 5.74) is 2.70. The number of hydrogen-bond acceptors (Lipinski definition) is 3. The third-order valence-electron chi connectivity index (χ3n) is 1.72.